The highest BCUT2D eigenvalue weighted by molar-refractivity contribution is 7.99. The predicted octanol–water partition coefficient (Wildman–Crippen LogP) is 5.09. The van der Waals surface area contributed by atoms with Crippen LogP contribution in [0.25, 0.3) is 11.3 Å². The second kappa shape index (κ2) is 10.7. The van der Waals surface area contributed by atoms with Gasteiger partial charge in [0.1, 0.15) is 17.0 Å². The molecule has 2 aromatic heterocycles. The maximum Gasteiger partial charge on any atom is 0.412 e. The van der Waals surface area contributed by atoms with E-state index < -0.39 is 23.1 Å². The van der Waals surface area contributed by atoms with Crippen LogP contribution in [-0.4, -0.2) is 56.2 Å². The zero-order valence-electron chi connectivity index (χ0n) is 21.3. The Kier molecular flexibility index (Phi) is 7.40. The van der Waals surface area contributed by atoms with E-state index in [4.69, 9.17) is 4.74 Å². The van der Waals surface area contributed by atoms with Crippen molar-refractivity contribution in [3.63, 3.8) is 0 Å². The molecule has 2 N–H and O–H groups in total. The van der Waals surface area contributed by atoms with Crippen LogP contribution in [0.15, 0.2) is 54.2 Å². The molecule has 9 nitrogen and oxygen atoms in total. The van der Waals surface area contributed by atoms with Crippen LogP contribution >= 0.6 is 23.1 Å². The third-order valence-corrected chi connectivity index (χ3v) is 8.05. The summed E-state index contributed by atoms with van der Waals surface area (Å²) in [6, 6.07) is 10.5. The number of rotatable bonds is 6. The first-order valence-corrected chi connectivity index (χ1v) is 14.3. The number of benzene rings is 1. The van der Waals surface area contributed by atoms with Gasteiger partial charge in [0.05, 0.1) is 5.69 Å². The first-order chi connectivity index (χ1) is 18.2. The minimum Gasteiger partial charge on any atom is -0.444 e. The topological polar surface area (TPSA) is 114 Å². The lowest BCUT2D eigenvalue weighted by molar-refractivity contribution is -0.120. The molecule has 2 aliphatic rings. The van der Waals surface area contributed by atoms with E-state index in [9.17, 15) is 14.4 Å². The van der Waals surface area contributed by atoms with E-state index in [0.29, 0.717) is 28.2 Å². The van der Waals surface area contributed by atoms with E-state index in [1.807, 2.05) is 23.6 Å². The number of amides is 3. The molecule has 38 heavy (non-hydrogen) atoms. The van der Waals surface area contributed by atoms with E-state index in [1.54, 1.807) is 51.4 Å². The minimum atomic E-state index is -0.739. The van der Waals surface area contributed by atoms with Crippen molar-refractivity contribution >= 4 is 46.1 Å². The summed E-state index contributed by atoms with van der Waals surface area (Å²) >= 11 is 2.79. The highest BCUT2D eigenvalue weighted by Crippen LogP contribution is 2.42. The lowest BCUT2D eigenvalue weighted by Gasteiger charge is -2.31. The van der Waals surface area contributed by atoms with Gasteiger partial charge in [0.25, 0.3) is 5.91 Å². The van der Waals surface area contributed by atoms with E-state index in [-0.39, 0.29) is 11.8 Å². The summed E-state index contributed by atoms with van der Waals surface area (Å²) in [5, 5.41) is 7.74. The number of nitrogens with zero attached hydrogens (tertiary/aromatic N) is 3. The van der Waals surface area contributed by atoms with Crippen molar-refractivity contribution in [2.24, 2.45) is 0 Å². The molecule has 2 atom stereocenters. The molecule has 0 bridgehead atoms. The molecular formula is C27H29N5O4S2. The number of carbonyl (C=O) groups is 3. The third-order valence-electron chi connectivity index (χ3n) is 5.97. The zero-order chi connectivity index (χ0) is 26.9. The van der Waals surface area contributed by atoms with Crippen molar-refractivity contribution in [3.05, 3.63) is 65.3 Å². The van der Waals surface area contributed by atoms with E-state index in [1.165, 1.54) is 28.0 Å². The van der Waals surface area contributed by atoms with Gasteiger partial charge in [0.2, 0.25) is 5.91 Å². The number of hydrogen-bond donors (Lipinski definition) is 2. The number of pyridine rings is 1. The van der Waals surface area contributed by atoms with Gasteiger partial charge in [-0.05, 0) is 51.8 Å². The summed E-state index contributed by atoms with van der Waals surface area (Å²) in [5.41, 5.74) is 2.26. The Bertz CT molecular complexity index is 1320. The Morgan fingerprint density at radius 1 is 1.11 bits per heavy atom. The van der Waals surface area contributed by atoms with Gasteiger partial charge in [-0.2, -0.15) is 0 Å². The van der Waals surface area contributed by atoms with Crippen molar-refractivity contribution < 1.29 is 19.1 Å². The molecule has 1 saturated carbocycles. The van der Waals surface area contributed by atoms with Crippen molar-refractivity contribution in [3.8, 4) is 11.3 Å². The van der Waals surface area contributed by atoms with Gasteiger partial charge in [0, 0.05) is 46.3 Å². The standard InChI is InChI=1S/C27H29N5O4S2/c1-27(2,3)36-26(35)32-21(15-37-24(32)18-5-4-12-28-13-18)23(34)31-25-30-20(14-38-25)16-6-8-17(9-7-16)22(33)29-19-10-11-19/h4-9,12-14,19,21,24H,10-11,15H2,1-3H3,(H,29,33)(H,30,31,34)/t21-,24+/m0/s1. The Hall–Kier alpha value is -3.44. The van der Waals surface area contributed by atoms with Crippen LogP contribution in [0, 0.1) is 0 Å². The first kappa shape index (κ1) is 26.2. The number of thiazole rings is 1. The lowest BCUT2D eigenvalue weighted by atomic mass is 10.1. The zero-order valence-corrected chi connectivity index (χ0v) is 23.0. The molecule has 3 amide bonds. The summed E-state index contributed by atoms with van der Waals surface area (Å²) in [4.78, 5) is 49.0. The maximum atomic E-state index is 13.4. The van der Waals surface area contributed by atoms with Crippen molar-refractivity contribution in [2.75, 3.05) is 11.1 Å². The number of aromatic nitrogens is 2. The van der Waals surface area contributed by atoms with Crippen LogP contribution in [0.2, 0.25) is 0 Å². The normalized spacial score (nSPS) is 19.2. The molecule has 2 fully saturated rings. The SMILES string of the molecule is CC(C)(C)OC(=O)N1[C@@H](c2cccnc2)SC[C@H]1C(=O)Nc1nc(-c2ccc(C(=O)NC3CC3)cc2)cs1. The fraction of sp³-hybridized carbons (Fsp3) is 0.370. The molecule has 5 rings (SSSR count). The van der Waals surface area contributed by atoms with Crippen LogP contribution in [0.3, 0.4) is 0 Å². The van der Waals surface area contributed by atoms with Crippen LogP contribution in [0.1, 0.15) is 54.9 Å². The Morgan fingerprint density at radius 3 is 2.53 bits per heavy atom. The molecule has 1 aliphatic heterocycles. The van der Waals surface area contributed by atoms with Gasteiger partial charge in [-0.15, -0.1) is 23.1 Å². The van der Waals surface area contributed by atoms with Crippen LogP contribution in [-0.2, 0) is 9.53 Å². The van der Waals surface area contributed by atoms with Crippen molar-refractivity contribution in [2.45, 2.75) is 56.7 Å². The van der Waals surface area contributed by atoms with Crippen molar-refractivity contribution in [1.29, 1.82) is 0 Å². The number of nitrogens with one attached hydrogen (secondary N) is 2. The fourth-order valence-corrected chi connectivity index (χ4v) is 6.09. The van der Waals surface area contributed by atoms with Crippen molar-refractivity contribution in [1.82, 2.24) is 20.2 Å². The molecule has 0 radical (unpaired) electrons. The molecule has 0 unspecified atom stereocenters. The molecular weight excluding hydrogens is 522 g/mol. The van der Waals surface area contributed by atoms with Gasteiger partial charge in [0.15, 0.2) is 5.13 Å². The number of carbonyl (C=O) groups excluding carboxylic acids is 3. The van der Waals surface area contributed by atoms with Gasteiger partial charge < -0.3 is 15.4 Å². The fourth-order valence-electron chi connectivity index (χ4n) is 3.97. The van der Waals surface area contributed by atoms with Crippen LogP contribution < -0.4 is 10.6 Å². The summed E-state index contributed by atoms with van der Waals surface area (Å²) in [5.74, 6) is 0.00867. The monoisotopic (exact) mass is 551 g/mol. The smallest absolute Gasteiger partial charge is 0.412 e. The van der Waals surface area contributed by atoms with Gasteiger partial charge in [-0.3, -0.25) is 19.5 Å². The first-order valence-electron chi connectivity index (χ1n) is 12.4. The van der Waals surface area contributed by atoms with E-state index in [2.05, 4.69) is 20.6 Å². The number of anilines is 1. The predicted molar refractivity (Wildman–Crippen MR) is 148 cm³/mol. The summed E-state index contributed by atoms with van der Waals surface area (Å²) in [6.07, 6.45) is 4.89. The largest absolute Gasteiger partial charge is 0.444 e. The highest BCUT2D eigenvalue weighted by Gasteiger charge is 2.44. The Morgan fingerprint density at radius 2 is 1.87 bits per heavy atom. The molecule has 11 heteroatoms. The summed E-state index contributed by atoms with van der Waals surface area (Å²) in [6.45, 7) is 5.39. The molecule has 1 saturated heterocycles. The van der Waals surface area contributed by atoms with E-state index in [0.717, 1.165) is 24.0 Å². The second-order valence-electron chi connectivity index (χ2n) is 10.2. The number of hydrogen-bond acceptors (Lipinski definition) is 8. The molecule has 1 aliphatic carbocycles. The Balaban J connectivity index is 1.29. The third kappa shape index (κ3) is 6.16. The molecule has 3 aromatic rings. The Labute approximate surface area is 229 Å². The van der Waals surface area contributed by atoms with E-state index >= 15 is 0 Å². The van der Waals surface area contributed by atoms with Gasteiger partial charge in [-0.25, -0.2) is 9.78 Å². The number of thioether (sulfide) groups is 1. The average molecular weight is 552 g/mol. The van der Waals surface area contributed by atoms with Crippen LogP contribution in [0.4, 0.5) is 9.93 Å². The summed E-state index contributed by atoms with van der Waals surface area (Å²) < 4.78 is 5.65. The maximum absolute atomic E-state index is 13.4. The minimum absolute atomic E-state index is 0.0705. The molecule has 0 spiro atoms. The second-order valence-corrected chi connectivity index (χ2v) is 12.2. The highest BCUT2D eigenvalue weighted by atomic mass is 32.2. The van der Waals surface area contributed by atoms with Gasteiger partial charge >= 0.3 is 6.09 Å². The quantitative estimate of drug-likeness (QED) is 0.439. The summed E-state index contributed by atoms with van der Waals surface area (Å²) in [7, 11) is 0. The molecule has 1 aromatic carbocycles. The molecule has 198 valence electrons. The van der Waals surface area contributed by atoms with Gasteiger partial charge in [-0.1, -0.05) is 18.2 Å². The van der Waals surface area contributed by atoms with Crippen LogP contribution in [0.5, 0.6) is 0 Å². The average Bonchev–Trinajstić information content (AvgIpc) is 3.38. The lowest BCUT2D eigenvalue weighted by Crippen LogP contribution is -2.47. The molecule has 3 heterocycles. The number of ether oxygens (including phenoxy) is 1.